The van der Waals surface area contributed by atoms with Gasteiger partial charge >= 0.3 is 0 Å². The number of rotatable bonds is 6. The smallest absolute Gasteiger partial charge is 0.258 e. The van der Waals surface area contributed by atoms with Crippen molar-refractivity contribution in [1.82, 2.24) is 19.2 Å². The van der Waals surface area contributed by atoms with Crippen LogP contribution >= 0.6 is 11.6 Å². The molecular weight excluding hydrogens is 316 g/mol. The van der Waals surface area contributed by atoms with E-state index in [1.165, 1.54) is 10.5 Å². The van der Waals surface area contributed by atoms with Crippen LogP contribution in [-0.4, -0.2) is 51.8 Å². The summed E-state index contributed by atoms with van der Waals surface area (Å²) in [6.45, 7) is 6.03. The minimum Gasteiger partial charge on any atom is -0.342 e. The second-order valence-electron chi connectivity index (χ2n) is 5.40. The molecule has 0 unspecified atom stereocenters. The number of amides is 1. The zero-order valence-electron chi connectivity index (χ0n) is 13.6. The zero-order valence-corrected chi connectivity index (χ0v) is 14.4. The van der Waals surface area contributed by atoms with Gasteiger partial charge in [-0.25, -0.2) is 4.98 Å². The van der Waals surface area contributed by atoms with Crippen molar-refractivity contribution < 1.29 is 4.79 Å². The first-order valence-electron chi connectivity index (χ1n) is 7.58. The largest absolute Gasteiger partial charge is 0.342 e. The minimum atomic E-state index is -0.184. The van der Waals surface area contributed by atoms with Crippen LogP contribution in [0, 0.1) is 0 Å². The third-order valence-electron chi connectivity index (χ3n) is 3.63. The second kappa shape index (κ2) is 7.57. The maximum atomic E-state index is 12.1. The first kappa shape index (κ1) is 17.4. The molecule has 0 fully saturated rings. The maximum Gasteiger partial charge on any atom is 0.258 e. The summed E-state index contributed by atoms with van der Waals surface area (Å²) in [4.78, 5) is 32.3. The van der Waals surface area contributed by atoms with Crippen LogP contribution in [0.1, 0.15) is 19.5 Å². The topological polar surface area (TPSA) is 57.9 Å². The van der Waals surface area contributed by atoms with Gasteiger partial charge in [0.25, 0.3) is 5.56 Å². The van der Waals surface area contributed by atoms with Crippen LogP contribution in [0.4, 0.5) is 0 Å². The van der Waals surface area contributed by atoms with Crippen LogP contribution in [0.5, 0.6) is 0 Å². The fraction of sp³-hybridized carbons (Fsp3) is 0.438. The van der Waals surface area contributed by atoms with E-state index in [9.17, 15) is 9.59 Å². The monoisotopic (exact) mass is 336 g/mol. The van der Waals surface area contributed by atoms with Gasteiger partial charge in [0.15, 0.2) is 0 Å². The Balaban J connectivity index is 2.14. The number of hydrogen-bond acceptors (Lipinski definition) is 4. The lowest BCUT2D eigenvalue weighted by atomic mass is 10.3. The number of nitrogens with zero attached hydrogens (tertiary/aromatic N) is 4. The van der Waals surface area contributed by atoms with E-state index in [1.54, 1.807) is 23.2 Å². The number of carbonyl (C=O) groups is 1. The third kappa shape index (κ3) is 4.30. The predicted molar refractivity (Wildman–Crippen MR) is 90.7 cm³/mol. The minimum absolute atomic E-state index is 0.0711. The average Bonchev–Trinajstić information content (AvgIpc) is 2.49. The number of pyridine rings is 1. The summed E-state index contributed by atoms with van der Waals surface area (Å²) in [5, 5.41) is 0.482. The van der Waals surface area contributed by atoms with Crippen molar-refractivity contribution in [2.45, 2.75) is 20.4 Å². The molecule has 0 bridgehead atoms. The molecule has 2 aromatic heterocycles. The molecule has 0 aromatic carbocycles. The average molecular weight is 337 g/mol. The van der Waals surface area contributed by atoms with Crippen LogP contribution in [0.2, 0.25) is 5.02 Å². The van der Waals surface area contributed by atoms with E-state index < -0.39 is 0 Å². The summed E-state index contributed by atoms with van der Waals surface area (Å²) in [6.07, 6.45) is 1.55. The molecule has 0 atom stereocenters. The van der Waals surface area contributed by atoms with E-state index >= 15 is 0 Å². The van der Waals surface area contributed by atoms with Crippen LogP contribution in [0.15, 0.2) is 29.2 Å². The molecule has 0 saturated carbocycles. The molecule has 1 amide bonds. The molecule has 2 aromatic rings. The Morgan fingerprint density at radius 3 is 2.65 bits per heavy atom. The summed E-state index contributed by atoms with van der Waals surface area (Å²) in [7, 11) is 1.84. The molecule has 0 aliphatic heterocycles. The summed E-state index contributed by atoms with van der Waals surface area (Å²) < 4.78 is 1.41. The van der Waals surface area contributed by atoms with Crippen molar-refractivity contribution in [2.24, 2.45) is 0 Å². The molecule has 124 valence electrons. The van der Waals surface area contributed by atoms with Gasteiger partial charge in [-0.05, 0) is 33.0 Å². The third-order valence-corrected chi connectivity index (χ3v) is 3.85. The van der Waals surface area contributed by atoms with E-state index in [0.717, 1.165) is 0 Å². The van der Waals surface area contributed by atoms with Crippen molar-refractivity contribution in [3.05, 3.63) is 45.5 Å². The molecule has 23 heavy (non-hydrogen) atoms. The Bertz CT molecular complexity index is 755. The lowest BCUT2D eigenvalue weighted by Crippen LogP contribution is -2.38. The Morgan fingerprint density at radius 1 is 1.30 bits per heavy atom. The van der Waals surface area contributed by atoms with Crippen LogP contribution in [0.3, 0.4) is 0 Å². The molecular formula is C16H21ClN4O2. The molecule has 7 heteroatoms. The molecule has 2 heterocycles. The van der Waals surface area contributed by atoms with E-state index in [1.807, 2.05) is 25.8 Å². The van der Waals surface area contributed by atoms with Crippen molar-refractivity contribution in [3.8, 4) is 0 Å². The number of likely N-dealkylation sites (N-methyl/N-ethyl adjacent to an activating group) is 2. The Morgan fingerprint density at radius 2 is 2.00 bits per heavy atom. The summed E-state index contributed by atoms with van der Waals surface area (Å²) in [6, 6.07) is 4.87. The number of hydrogen-bond donors (Lipinski definition) is 0. The number of fused-ring (bicyclic) bond motifs is 1. The first-order valence-corrected chi connectivity index (χ1v) is 7.96. The molecule has 0 aliphatic carbocycles. The molecule has 0 N–H and O–H groups in total. The molecule has 2 rings (SSSR count). The first-order chi connectivity index (χ1) is 10.9. The van der Waals surface area contributed by atoms with Gasteiger partial charge in [-0.3, -0.25) is 18.9 Å². The summed E-state index contributed by atoms with van der Waals surface area (Å²) in [5.74, 6) is 0.0711. The quantitative estimate of drug-likeness (QED) is 0.805. The van der Waals surface area contributed by atoms with Crippen LogP contribution < -0.4 is 5.56 Å². The molecule has 0 spiro atoms. The lowest BCUT2D eigenvalue weighted by Gasteiger charge is -2.22. The number of halogens is 1. The van der Waals surface area contributed by atoms with Crippen molar-refractivity contribution in [2.75, 3.05) is 26.7 Å². The van der Waals surface area contributed by atoms with Crippen molar-refractivity contribution in [1.29, 1.82) is 0 Å². The summed E-state index contributed by atoms with van der Waals surface area (Å²) >= 11 is 5.89. The van der Waals surface area contributed by atoms with Gasteiger partial charge in [0.05, 0.1) is 17.3 Å². The molecule has 6 nitrogen and oxygen atoms in total. The predicted octanol–water partition coefficient (Wildman–Crippen LogP) is 1.65. The fourth-order valence-electron chi connectivity index (χ4n) is 2.45. The summed E-state index contributed by atoms with van der Waals surface area (Å²) in [5.41, 5.74) is 0.989. The highest BCUT2D eigenvalue weighted by atomic mass is 35.5. The Kier molecular flexibility index (Phi) is 5.74. The highest BCUT2D eigenvalue weighted by Gasteiger charge is 2.13. The van der Waals surface area contributed by atoms with Crippen LogP contribution in [0.25, 0.3) is 5.65 Å². The Hall–Kier alpha value is -1.92. The van der Waals surface area contributed by atoms with E-state index in [-0.39, 0.29) is 11.5 Å². The maximum absolute atomic E-state index is 12.1. The van der Waals surface area contributed by atoms with Gasteiger partial charge in [-0.2, -0.15) is 0 Å². The number of carbonyl (C=O) groups excluding carboxylic acids is 1. The number of aromatic nitrogens is 2. The molecule has 0 aliphatic rings. The molecule has 0 saturated heterocycles. The second-order valence-corrected chi connectivity index (χ2v) is 5.84. The van der Waals surface area contributed by atoms with E-state index in [0.29, 0.717) is 42.5 Å². The van der Waals surface area contributed by atoms with Crippen molar-refractivity contribution >= 4 is 23.2 Å². The molecule has 0 radical (unpaired) electrons. The normalized spacial score (nSPS) is 11.2. The van der Waals surface area contributed by atoms with Gasteiger partial charge in [0.1, 0.15) is 5.65 Å². The van der Waals surface area contributed by atoms with E-state index in [4.69, 9.17) is 11.6 Å². The highest BCUT2D eigenvalue weighted by molar-refractivity contribution is 6.30. The standard InChI is InChI=1S/C16H21ClN4O2/c1-4-20(5-2)16(23)11-19(3)10-13-8-15(22)21-9-12(17)6-7-14(21)18-13/h6-9H,4-5,10-11H2,1-3H3. The van der Waals surface area contributed by atoms with Gasteiger partial charge in [0, 0.05) is 31.9 Å². The fourth-order valence-corrected chi connectivity index (χ4v) is 2.61. The van der Waals surface area contributed by atoms with Gasteiger partial charge in [-0.15, -0.1) is 0 Å². The van der Waals surface area contributed by atoms with E-state index in [2.05, 4.69) is 4.98 Å². The van der Waals surface area contributed by atoms with Crippen LogP contribution in [-0.2, 0) is 11.3 Å². The highest BCUT2D eigenvalue weighted by Crippen LogP contribution is 2.09. The van der Waals surface area contributed by atoms with Gasteiger partial charge in [-0.1, -0.05) is 11.6 Å². The lowest BCUT2D eigenvalue weighted by molar-refractivity contribution is -0.131. The van der Waals surface area contributed by atoms with Crippen molar-refractivity contribution in [3.63, 3.8) is 0 Å². The zero-order chi connectivity index (χ0) is 17.0. The SMILES string of the molecule is CCN(CC)C(=O)CN(C)Cc1cc(=O)n2cc(Cl)ccc2n1. The van der Waals surface area contributed by atoms with Gasteiger partial charge < -0.3 is 4.90 Å². The van der Waals surface area contributed by atoms with Gasteiger partial charge in [0.2, 0.25) is 5.91 Å². The Labute approximate surface area is 140 Å².